The number of rotatable bonds is 7. The molecule has 0 spiro atoms. The molecule has 164 valence electrons. The van der Waals surface area contributed by atoms with Crippen LogP contribution in [-0.2, 0) is 20.9 Å². The number of carbonyl (C=O) groups is 2. The average Bonchev–Trinajstić information content (AvgIpc) is 3.49. The van der Waals surface area contributed by atoms with Crippen LogP contribution in [-0.4, -0.2) is 45.8 Å². The van der Waals surface area contributed by atoms with E-state index in [1.54, 1.807) is 17.9 Å². The van der Waals surface area contributed by atoms with Crippen molar-refractivity contribution in [3.8, 4) is 11.3 Å². The molecule has 6 nitrogen and oxygen atoms in total. The van der Waals surface area contributed by atoms with Crippen molar-refractivity contribution in [1.82, 2.24) is 14.7 Å². The second-order valence-electron chi connectivity index (χ2n) is 7.93. The second kappa shape index (κ2) is 10.1. The average molecular weight is 430 g/mol. The van der Waals surface area contributed by atoms with E-state index in [2.05, 4.69) is 12.1 Å². The number of aromatic nitrogens is 2. The zero-order chi connectivity index (χ0) is 22.3. The largest absolute Gasteiger partial charge is 0.449 e. The van der Waals surface area contributed by atoms with E-state index in [4.69, 9.17) is 9.84 Å². The summed E-state index contributed by atoms with van der Waals surface area (Å²) in [7, 11) is 0. The summed E-state index contributed by atoms with van der Waals surface area (Å²) in [5, 5.41) is 4.75. The van der Waals surface area contributed by atoms with Gasteiger partial charge >= 0.3 is 5.97 Å². The lowest BCUT2D eigenvalue weighted by atomic mass is 10.1. The number of likely N-dealkylation sites (tertiary alicyclic amines) is 1. The van der Waals surface area contributed by atoms with Crippen molar-refractivity contribution in [2.45, 2.75) is 32.4 Å². The van der Waals surface area contributed by atoms with Crippen LogP contribution in [0.25, 0.3) is 17.3 Å². The fourth-order valence-electron chi connectivity index (χ4n) is 3.85. The molecule has 1 amide bonds. The lowest BCUT2D eigenvalue weighted by Crippen LogP contribution is -2.37. The van der Waals surface area contributed by atoms with E-state index < -0.39 is 12.1 Å². The minimum absolute atomic E-state index is 0.134. The number of hydrogen-bond donors (Lipinski definition) is 0. The molecular formula is C26H27N3O3. The zero-order valence-electron chi connectivity index (χ0n) is 18.2. The van der Waals surface area contributed by atoms with Crippen LogP contribution in [0.4, 0.5) is 0 Å². The Morgan fingerprint density at radius 2 is 1.69 bits per heavy atom. The molecule has 1 aromatic heterocycles. The Labute approximate surface area is 188 Å². The molecule has 4 rings (SSSR count). The van der Waals surface area contributed by atoms with Gasteiger partial charge in [-0.15, -0.1) is 0 Å². The van der Waals surface area contributed by atoms with Gasteiger partial charge in [-0.05, 0) is 31.4 Å². The third kappa shape index (κ3) is 5.32. The summed E-state index contributed by atoms with van der Waals surface area (Å²) in [4.78, 5) is 26.5. The van der Waals surface area contributed by atoms with Gasteiger partial charge in [-0.2, -0.15) is 5.10 Å². The van der Waals surface area contributed by atoms with Crippen LogP contribution in [0, 0.1) is 0 Å². The van der Waals surface area contributed by atoms with Crippen molar-refractivity contribution in [3.05, 3.63) is 84.1 Å². The Bertz CT molecular complexity index is 1080. The van der Waals surface area contributed by atoms with E-state index in [-0.39, 0.29) is 5.91 Å². The molecule has 2 heterocycles. The van der Waals surface area contributed by atoms with Gasteiger partial charge in [0.1, 0.15) is 0 Å². The predicted molar refractivity (Wildman–Crippen MR) is 124 cm³/mol. The van der Waals surface area contributed by atoms with Crippen molar-refractivity contribution < 1.29 is 14.3 Å². The van der Waals surface area contributed by atoms with E-state index in [1.807, 2.05) is 59.4 Å². The molecular weight excluding hydrogens is 402 g/mol. The highest BCUT2D eigenvalue weighted by Crippen LogP contribution is 2.23. The third-order valence-corrected chi connectivity index (χ3v) is 5.48. The quantitative estimate of drug-likeness (QED) is 0.418. The van der Waals surface area contributed by atoms with Crippen LogP contribution in [0.15, 0.2) is 72.9 Å². The number of amides is 1. The lowest BCUT2D eigenvalue weighted by molar-refractivity contribution is -0.154. The lowest BCUT2D eigenvalue weighted by Gasteiger charge is -2.19. The van der Waals surface area contributed by atoms with Crippen molar-refractivity contribution in [2.24, 2.45) is 0 Å². The van der Waals surface area contributed by atoms with E-state index in [0.717, 1.165) is 48.3 Å². The molecule has 3 aromatic rings. The smallest absolute Gasteiger partial charge is 0.331 e. The summed E-state index contributed by atoms with van der Waals surface area (Å²) in [5.41, 5.74) is 3.69. The van der Waals surface area contributed by atoms with Gasteiger partial charge in [0.15, 0.2) is 6.10 Å². The first-order chi connectivity index (χ1) is 15.6. The van der Waals surface area contributed by atoms with E-state index >= 15 is 0 Å². The Hall–Kier alpha value is -3.67. The maximum Gasteiger partial charge on any atom is 0.331 e. The van der Waals surface area contributed by atoms with Gasteiger partial charge in [-0.25, -0.2) is 4.79 Å². The van der Waals surface area contributed by atoms with Gasteiger partial charge in [0, 0.05) is 36.5 Å². The number of nitrogens with zero attached hydrogens (tertiary/aromatic N) is 3. The first-order valence-electron chi connectivity index (χ1n) is 10.9. The van der Waals surface area contributed by atoms with Crippen LogP contribution < -0.4 is 0 Å². The SMILES string of the molecule is CC(OC(=O)/C=C/c1cn(Cc2ccccc2)nc1-c1ccccc1)C(=O)N1CCCC1. The van der Waals surface area contributed by atoms with Crippen molar-refractivity contribution in [2.75, 3.05) is 13.1 Å². The molecule has 0 aliphatic carbocycles. The molecule has 32 heavy (non-hydrogen) atoms. The molecule has 1 unspecified atom stereocenters. The first-order valence-corrected chi connectivity index (χ1v) is 10.9. The van der Waals surface area contributed by atoms with Gasteiger partial charge in [0.05, 0.1) is 12.2 Å². The fourth-order valence-corrected chi connectivity index (χ4v) is 3.85. The van der Waals surface area contributed by atoms with Crippen LogP contribution >= 0.6 is 0 Å². The number of hydrogen-bond acceptors (Lipinski definition) is 4. The van der Waals surface area contributed by atoms with E-state index in [0.29, 0.717) is 6.54 Å². The van der Waals surface area contributed by atoms with Gasteiger partial charge < -0.3 is 9.64 Å². The number of ether oxygens (including phenoxy) is 1. The normalized spacial score (nSPS) is 14.6. The number of carbonyl (C=O) groups excluding carboxylic acids is 2. The summed E-state index contributed by atoms with van der Waals surface area (Å²) in [6, 6.07) is 19.9. The van der Waals surface area contributed by atoms with Crippen LogP contribution in [0.2, 0.25) is 0 Å². The van der Waals surface area contributed by atoms with Crippen LogP contribution in [0.1, 0.15) is 30.9 Å². The number of benzene rings is 2. The molecule has 2 aromatic carbocycles. The third-order valence-electron chi connectivity index (χ3n) is 5.48. The Balaban J connectivity index is 1.50. The summed E-state index contributed by atoms with van der Waals surface area (Å²) in [5.74, 6) is -0.676. The monoisotopic (exact) mass is 429 g/mol. The van der Waals surface area contributed by atoms with Crippen molar-refractivity contribution in [3.63, 3.8) is 0 Å². The fraction of sp³-hybridized carbons (Fsp3) is 0.269. The number of esters is 1. The minimum Gasteiger partial charge on any atom is -0.449 e. The first kappa shape index (κ1) is 21.6. The summed E-state index contributed by atoms with van der Waals surface area (Å²) < 4.78 is 7.21. The molecule has 0 N–H and O–H groups in total. The molecule has 1 saturated heterocycles. The van der Waals surface area contributed by atoms with Gasteiger partial charge in [0.25, 0.3) is 5.91 Å². The maximum atomic E-state index is 12.4. The zero-order valence-corrected chi connectivity index (χ0v) is 18.2. The summed E-state index contributed by atoms with van der Waals surface area (Å²) in [6.07, 6.45) is 6.19. The topological polar surface area (TPSA) is 64.4 Å². The Kier molecular flexibility index (Phi) is 6.80. The minimum atomic E-state index is -0.792. The maximum absolute atomic E-state index is 12.4. The molecule has 1 atom stereocenters. The molecule has 0 bridgehead atoms. The molecule has 1 fully saturated rings. The van der Waals surface area contributed by atoms with Gasteiger partial charge in [-0.1, -0.05) is 60.7 Å². The van der Waals surface area contributed by atoms with E-state index in [9.17, 15) is 9.59 Å². The summed E-state index contributed by atoms with van der Waals surface area (Å²) >= 11 is 0. The predicted octanol–water partition coefficient (Wildman–Crippen LogP) is 4.17. The van der Waals surface area contributed by atoms with Crippen molar-refractivity contribution >= 4 is 18.0 Å². The Morgan fingerprint density at radius 1 is 1.03 bits per heavy atom. The standard InChI is InChI=1S/C26H27N3O3/c1-20(26(31)28-16-8-9-17-28)32-24(30)15-14-23-19-29(18-21-10-4-2-5-11-21)27-25(23)22-12-6-3-7-13-22/h2-7,10-15,19-20H,8-9,16-18H2,1H3/b15-14+. The van der Waals surface area contributed by atoms with Gasteiger partial charge in [-0.3, -0.25) is 9.48 Å². The Morgan fingerprint density at radius 3 is 2.38 bits per heavy atom. The highest BCUT2D eigenvalue weighted by Gasteiger charge is 2.25. The molecule has 1 aliphatic rings. The molecule has 0 saturated carbocycles. The molecule has 1 aliphatic heterocycles. The molecule has 6 heteroatoms. The van der Waals surface area contributed by atoms with Crippen molar-refractivity contribution in [1.29, 1.82) is 0 Å². The van der Waals surface area contributed by atoms with E-state index in [1.165, 1.54) is 6.08 Å². The molecule has 0 radical (unpaired) electrons. The van der Waals surface area contributed by atoms with Crippen LogP contribution in [0.5, 0.6) is 0 Å². The highest BCUT2D eigenvalue weighted by atomic mass is 16.5. The highest BCUT2D eigenvalue weighted by molar-refractivity contribution is 5.91. The van der Waals surface area contributed by atoms with Crippen LogP contribution in [0.3, 0.4) is 0 Å². The second-order valence-corrected chi connectivity index (χ2v) is 7.93. The van der Waals surface area contributed by atoms with Gasteiger partial charge in [0.2, 0.25) is 0 Å². The summed E-state index contributed by atoms with van der Waals surface area (Å²) in [6.45, 7) is 3.72.